The fourth-order valence-electron chi connectivity index (χ4n) is 7.21. The number of nitrogens with zero attached hydrogens (tertiary/aromatic N) is 1. The molecule has 0 amide bonds. The summed E-state index contributed by atoms with van der Waals surface area (Å²) >= 11 is 1.89. The summed E-state index contributed by atoms with van der Waals surface area (Å²) < 4.78 is 11.4. The Morgan fingerprint density at radius 2 is 1.18 bits per heavy atom. The number of rotatable bonds is 3. The Kier molecular flexibility index (Phi) is 5.19. The van der Waals surface area contributed by atoms with Crippen LogP contribution in [0.25, 0.3) is 91.9 Å². The normalized spacial score (nSPS) is 12.0. The second-order valence-electron chi connectivity index (χ2n) is 11.7. The summed E-state index contributed by atoms with van der Waals surface area (Å²) in [4.78, 5) is 0. The summed E-state index contributed by atoms with van der Waals surface area (Å²) in [6.45, 7) is 0. The zero-order valence-corrected chi connectivity index (χ0v) is 25.0. The van der Waals surface area contributed by atoms with Gasteiger partial charge in [0.25, 0.3) is 0 Å². The maximum absolute atomic E-state index is 6.32. The number of fused-ring (bicyclic) bond motifs is 10. The van der Waals surface area contributed by atoms with Crippen LogP contribution < -0.4 is 0 Å². The van der Waals surface area contributed by atoms with E-state index in [9.17, 15) is 0 Å². The first-order chi connectivity index (χ1) is 22.3. The lowest BCUT2D eigenvalue weighted by Crippen LogP contribution is -1.96. The van der Waals surface area contributed by atoms with Crippen molar-refractivity contribution in [1.29, 1.82) is 0 Å². The summed E-state index contributed by atoms with van der Waals surface area (Å²) in [5.41, 5.74) is 10.1. The Bertz CT molecular complexity index is 2760. The second kappa shape index (κ2) is 9.43. The van der Waals surface area contributed by atoms with Crippen LogP contribution in [-0.2, 0) is 0 Å². The Morgan fingerprint density at radius 3 is 2.09 bits per heavy atom. The summed E-state index contributed by atoms with van der Waals surface area (Å²) in [5.74, 6) is 0. The van der Waals surface area contributed by atoms with Gasteiger partial charge in [0, 0.05) is 42.7 Å². The summed E-state index contributed by atoms with van der Waals surface area (Å²) in [6, 6.07) is 54.7. The molecule has 0 aliphatic heterocycles. The van der Waals surface area contributed by atoms with Crippen molar-refractivity contribution in [2.75, 3.05) is 0 Å². The Hall–Kier alpha value is -5.64. The van der Waals surface area contributed by atoms with E-state index in [1.807, 2.05) is 17.4 Å². The quantitative estimate of drug-likeness (QED) is 0.200. The standard InChI is InChI=1S/C42H25NOS/c1-2-11-26(12-3-1)27-23-28(30-16-10-19-38-40(30)35-15-5-8-18-37(35)44-38)25-29(24-27)43-36-17-7-4-13-31(36)33-21-22-34-32-14-6-9-20-39(32)45-42(34)41(33)43/h1-25H. The van der Waals surface area contributed by atoms with Gasteiger partial charge >= 0.3 is 0 Å². The third-order valence-electron chi connectivity index (χ3n) is 9.18. The molecule has 0 saturated carbocycles. The van der Waals surface area contributed by atoms with Crippen molar-refractivity contribution < 1.29 is 4.42 Å². The van der Waals surface area contributed by atoms with Crippen LogP contribution in [0.2, 0.25) is 0 Å². The van der Waals surface area contributed by atoms with Gasteiger partial charge in [-0.05, 0) is 64.7 Å². The minimum absolute atomic E-state index is 0.907. The molecule has 45 heavy (non-hydrogen) atoms. The fraction of sp³-hybridized carbons (Fsp3) is 0. The first-order valence-electron chi connectivity index (χ1n) is 15.3. The first-order valence-corrected chi connectivity index (χ1v) is 16.1. The van der Waals surface area contributed by atoms with Crippen molar-refractivity contribution in [3.8, 4) is 27.9 Å². The van der Waals surface area contributed by atoms with E-state index in [0.717, 1.165) is 33.2 Å². The summed E-state index contributed by atoms with van der Waals surface area (Å²) in [7, 11) is 0. The largest absolute Gasteiger partial charge is 0.456 e. The molecule has 0 aliphatic rings. The molecule has 210 valence electrons. The van der Waals surface area contributed by atoms with Crippen LogP contribution in [0.5, 0.6) is 0 Å². The van der Waals surface area contributed by atoms with E-state index in [4.69, 9.17) is 4.42 Å². The Balaban J connectivity index is 1.35. The molecule has 0 fully saturated rings. The van der Waals surface area contributed by atoms with E-state index in [1.165, 1.54) is 58.7 Å². The minimum Gasteiger partial charge on any atom is -0.456 e. The highest BCUT2D eigenvalue weighted by Gasteiger charge is 2.20. The average molecular weight is 592 g/mol. The van der Waals surface area contributed by atoms with Crippen LogP contribution in [0.3, 0.4) is 0 Å². The summed E-state index contributed by atoms with van der Waals surface area (Å²) in [5, 5.41) is 7.45. The Morgan fingerprint density at radius 1 is 0.467 bits per heavy atom. The van der Waals surface area contributed by atoms with Crippen LogP contribution in [0, 0.1) is 0 Å². The van der Waals surface area contributed by atoms with Crippen LogP contribution in [-0.4, -0.2) is 4.57 Å². The van der Waals surface area contributed by atoms with Gasteiger partial charge in [0.2, 0.25) is 0 Å². The van der Waals surface area contributed by atoms with Gasteiger partial charge in [0.15, 0.2) is 0 Å². The van der Waals surface area contributed by atoms with Crippen LogP contribution in [0.4, 0.5) is 0 Å². The van der Waals surface area contributed by atoms with E-state index in [0.29, 0.717) is 0 Å². The van der Waals surface area contributed by atoms with Crippen LogP contribution >= 0.6 is 11.3 Å². The first kappa shape index (κ1) is 24.8. The average Bonchev–Trinajstić information content (AvgIpc) is 3.78. The number of aromatic nitrogens is 1. The van der Waals surface area contributed by atoms with E-state index in [2.05, 4.69) is 150 Å². The van der Waals surface area contributed by atoms with Crippen molar-refractivity contribution in [3.63, 3.8) is 0 Å². The zero-order valence-electron chi connectivity index (χ0n) is 24.2. The van der Waals surface area contributed by atoms with Gasteiger partial charge in [0.05, 0.1) is 15.7 Å². The van der Waals surface area contributed by atoms with Crippen LogP contribution in [0.15, 0.2) is 156 Å². The van der Waals surface area contributed by atoms with Gasteiger partial charge in [0.1, 0.15) is 11.2 Å². The molecule has 10 aromatic rings. The topological polar surface area (TPSA) is 18.1 Å². The number of benzene rings is 7. The molecule has 2 nitrogen and oxygen atoms in total. The zero-order chi connectivity index (χ0) is 29.5. The molecule has 0 bridgehead atoms. The lowest BCUT2D eigenvalue weighted by molar-refractivity contribution is 0.669. The van der Waals surface area contributed by atoms with Crippen LogP contribution in [0.1, 0.15) is 0 Å². The van der Waals surface area contributed by atoms with E-state index in [-0.39, 0.29) is 0 Å². The second-order valence-corrected chi connectivity index (χ2v) is 12.8. The highest BCUT2D eigenvalue weighted by atomic mass is 32.1. The third kappa shape index (κ3) is 3.62. The third-order valence-corrected chi connectivity index (χ3v) is 10.4. The number of hydrogen-bond donors (Lipinski definition) is 0. The van der Waals surface area contributed by atoms with Gasteiger partial charge in [-0.3, -0.25) is 0 Å². The van der Waals surface area contributed by atoms with Gasteiger partial charge in [-0.1, -0.05) is 109 Å². The van der Waals surface area contributed by atoms with E-state index >= 15 is 0 Å². The molecular formula is C42H25NOS. The number of furan rings is 1. The highest BCUT2D eigenvalue weighted by molar-refractivity contribution is 7.26. The molecule has 0 saturated heterocycles. The van der Waals surface area contributed by atoms with E-state index in [1.54, 1.807) is 0 Å². The van der Waals surface area contributed by atoms with Crippen molar-refractivity contribution in [3.05, 3.63) is 152 Å². The molecule has 3 heterocycles. The van der Waals surface area contributed by atoms with Crippen molar-refractivity contribution in [1.82, 2.24) is 4.57 Å². The molecule has 0 radical (unpaired) electrons. The molecular weight excluding hydrogens is 567 g/mol. The molecule has 10 rings (SSSR count). The molecule has 3 aromatic heterocycles. The molecule has 0 unspecified atom stereocenters. The highest BCUT2D eigenvalue weighted by Crippen LogP contribution is 2.44. The molecule has 0 aliphatic carbocycles. The fourth-order valence-corrected chi connectivity index (χ4v) is 8.45. The smallest absolute Gasteiger partial charge is 0.136 e. The minimum atomic E-state index is 0.907. The maximum atomic E-state index is 6.32. The monoisotopic (exact) mass is 591 g/mol. The number of thiophene rings is 1. The lowest BCUT2D eigenvalue weighted by Gasteiger charge is -2.15. The van der Waals surface area contributed by atoms with Gasteiger partial charge < -0.3 is 8.98 Å². The van der Waals surface area contributed by atoms with Gasteiger partial charge in [-0.15, -0.1) is 11.3 Å². The number of para-hydroxylation sites is 2. The lowest BCUT2D eigenvalue weighted by atomic mass is 9.95. The molecule has 7 aromatic carbocycles. The molecule has 0 spiro atoms. The SMILES string of the molecule is c1ccc(-c2cc(-c3cccc4oc5ccccc5c34)cc(-n3c4ccccc4c4ccc5c6ccccc6sc5c43)c2)cc1. The van der Waals surface area contributed by atoms with Crippen molar-refractivity contribution in [2.45, 2.75) is 0 Å². The van der Waals surface area contributed by atoms with Gasteiger partial charge in [-0.2, -0.15) is 0 Å². The predicted octanol–water partition coefficient (Wildman–Crippen LogP) is 12.4. The summed E-state index contributed by atoms with van der Waals surface area (Å²) in [6.07, 6.45) is 0. The Labute approximate surface area is 263 Å². The predicted molar refractivity (Wildman–Crippen MR) is 192 cm³/mol. The van der Waals surface area contributed by atoms with E-state index < -0.39 is 0 Å². The van der Waals surface area contributed by atoms with Crippen molar-refractivity contribution >= 4 is 75.3 Å². The van der Waals surface area contributed by atoms with Gasteiger partial charge in [-0.25, -0.2) is 0 Å². The molecule has 3 heteroatoms. The molecule has 0 N–H and O–H groups in total. The molecule has 0 atom stereocenters. The maximum Gasteiger partial charge on any atom is 0.136 e. The van der Waals surface area contributed by atoms with Crippen molar-refractivity contribution in [2.24, 2.45) is 0 Å². The number of hydrogen-bond acceptors (Lipinski definition) is 2.